The van der Waals surface area contributed by atoms with E-state index in [-0.39, 0.29) is 41.6 Å². The molecule has 2 aliphatic heterocycles. The number of halogens is 1. The summed E-state index contributed by atoms with van der Waals surface area (Å²) in [4.78, 5) is 39.0. The Morgan fingerprint density at radius 1 is 1.41 bits per heavy atom. The fourth-order valence-corrected chi connectivity index (χ4v) is 3.47. The van der Waals surface area contributed by atoms with Gasteiger partial charge >= 0.3 is 12.0 Å². The summed E-state index contributed by atoms with van der Waals surface area (Å²) in [5.41, 5.74) is 0.824. The fraction of sp³-hybridized carbons (Fsp3) is 0.500. The molecule has 0 radical (unpaired) electrons. The Balaban J connectivity index is 1.82. The minimum absolute atomic E-state index is 0.0682. The van der Waals surface area contributed by atoms with Gasteiger partial charge < -0.3 is 20.1 Å². The second kappa shape index (κ2) is 8.58. The van der Waals surface area contributed by atoms with E-state index in [2.05, 4.69) is 5.32 Å². The summed E-state index contributed by atoms with van der Waals surface area (Å²) in [5.74, 6) is -1.34. The van der Waals surface area contributed by atoms with Crippen molar-refractivity contribution < 1.29 is 24.2 Å². The molecule has 0 spiro atoms. The summed E-state index contributed by atoms with van der Waals surface area (Å²) >= 11 is 6.24. The molecule has 8 nitrogen and oxygen atoms in total. The molecule has 0 aromatic heterocycles. The molecule has 2 fully saturated rings. The number of nitrogens with zero attached hydrogens (tertiary/aromatic N) is 2. The van der Waals surface area contributed by atoms with Gasteiger partial charge in [-0.1, -0.05) is 11.6 Å². The molecule has 27 heavy (non-hydrogen) atoms. The molecule has 1 aromatic carbocycles. The first-order chi connectivity index (χ1) is 13.0. The van der Waals surface area contributed by atoms with Crippen molar-refractivity contribution in [3.8, 4) is 0 Å². The predicted octanol–water partition coefficient (Wildman–Crippen LogP) is 1.97. The molecule has 0 aliphatic carbocycles. The van der Waals surface area contributed by atoms with Crippen molar-refractivity contribution in [1.29, 1.82) is 0 Å². The van der Waals surface area contributed by atoms with Gasteiger partial charge in [0.05, 0.1) is 23.1 Å². The lowest BCUT2D eigenvalue weighted by Crippen LogP contribution is -2.39. The molecular weight excluding hydrogens is 374 g/mol. The molecule has 0 saturated carbocycles. The van der Waals surface area contributed by atoms with E-state index in [4.69, 9.17) is 21.4 Å². The predicted molar refractivity (Wildman–Crippen MR) is 99.3 cm³/mol. The van der Waals surface area contributed by atoms with Gasteiger partial charge in [0.1, 0.15) is 0 Å². The minimum atomic E-state index is -0.978. The Hall–Kier alpha value is -2.32. The Bertz CT molecular complexity index is 736. The van der Waals surface area contributed by atoms with Crippen LogP contribution in [0, 0.1) is 0 Å². The molecule has 9 heteroatoms. The minimum Gasteiger partial charge on any atom is -0.481 e. The molecule has 2 heterocycles. The number of urea groups is 1. The van der Waals surface area contributed by atoms with Crippen LogP contribution >= 0.6 is 11.6 Å². The molecule has 1 atom stereocenters. The van der Waals surface area contributed by atoms with Crippen molar-refractivity contribution in [3.63, 3.8) is 0 Å². The van der Waals surface area contributed by atoms with Crippen molar-refractivity contribution in [2.24, 2.45) is 0 Å². The lowest BCUT2D eigenvalue weighted by molar-refractivity contribution is -0.137. The first-order valence-electron chi connectivity index (χ1n) is 8.93. The summed E-state index contributed by atoms with van der Waals surface area (Å²) < 4.78 is 5.59. The number of benzene rings is 1. The number of carboxylic acid groups (broad SMARTS) is 1. The molecule has 3 rings (SSSR count). The van der Waals surface area contributed by atoms with Gasteiger partial charge in [-0.05, 0) is 31.0 Å². The van der Waals surface area contributed by atoms with Crippen LogP contribution in [0.25, 0.3) is 0 Å². The van der Waals surface area contributed by atoms with Crippen LogP contribution in [0.3, 0.4) is 0 Å². The highest BCUT2D eigenvalue weighted by Crippen LogP contribution is 2.26. The number of amides is 3. The van der Waals surface area contributed by atoms with Crippen LogP contribution in [-0.4, -0.2) is 66.8 Å². The summed E-state index contributed by atoms with van der Waals surface area (Å²) in [6.07, 6.45) is 1.49. The number of nitrogens with one attached hydrogen (secondary N) is 1. The highest BCUT2D eigenvalue weighted by Gasteiger charge is 2.27. The van der Waals surface area contributed by atoms with E-state index in [0.29, 0.717) is 31.9 Å². The van der Waals surface area contributed by atoms with Gasteiger partial charge in [-0.15, -0.1) is 0 Å². The quantitative estimate of drug-likeness (QED) is 0.735. The van der Waals surface area contributed by atoms with Crippen LogP contribution in [0.4, 0.5) is 10.5 Å². The number of hydrogen-bond acceptors (Lipinski definition) is 4. The highest BCUT2D eigenvalue weighted by atomic mass is 35.5. The van der Waals surface area contributed by atoms with E-state index < -0.39 is 5.97 Å². The second-order valence-electron chi connectivity index (χ2n) is 6.58. The maximum Gasteiger partial charge on any atom is 0.321 e. The Morgan fingerprint density at radius 3 is 2.85 bits per heavy atom. The van der Waals surface area contributed by atoms with E-state index in [1.807, 2.05) is 0 Å². The number of rotatable bonds is 7. The zero-order chi connectivity index (χ0) is 19.4. The Labute approximate surface area is 162 Å². The van der Waals surface area contributed by atoms with Gasteiger partial charge in [0.2, 0.25) is 0 Å². The zero-order valence-electron chi connectivity index (χ0n) is 14.8. The van der Waals surface area contributed by atoms with Crippen LogP contribution in [0.15, 0.2) is 18.2 Å². The normalized spacial score (nSPS) is 19.2. The topological polar surface area (TPSA) is 99.2 Å². The van der Waals surface area contributed by atoms with Crippen LogP contribution in [-0.2, 0) is 9.53 Å². The second-order valence-corrected chi connectivity index (χ2v) is 6.98. The number of anilines is 1. The number of carboxylic acids is 1. The summed E-state index contributed by atoms with van der Waals surface area (Å²) in [6.45, 7) is 2.07. The number of hydrogen-bond donors (Lipinski definition) is 2. The van der Waals surface area contributed by atoms with E-state index in [0.717, 1.165) is 12.8 Å². The number of carbonyl (C=O) groups is 3. The first kappa shape index (κ1) is 19.4. The molecule has 0 bridgehead atoms. The van der Waals surface area contributed by atoms with Crippen LogP contribution in [0.1, 0.15) is 29.6 Å². The van der Waals surface area contributed by atoms with E-state index in [9.17, 15) is 14.4 Å². The van der Waals surface area contributed by atoms with Crippen molar-refractivity contribution >= 4 is 35.2 Å². The largest absolute Gasteiger partial charge is 0.481 e. The lowest BCUT2D eigenvalue weighted by Gasteiger charge is -2.26. The summed E-state index contributed by atoms with van der Waals surface area (Å²) in [6, 6.07) is 4.62. The van der Waals surface area contributed by atoms with Gasteiger partial charge in [0.15, 0.2) is 0 Å². The SMILES string of the molecule is O=C(O)CCN(C[C@@H]1CCCO1)C(=O)c1cc(N2CCNC2=O)ccc1Cl. The van der Waals surface area contributed by atoms with Crippen LogP contribution in [0.5, 0.6) is 0 Å². The average Bonchev–Trinajstić information content (AvgIpc) is 3.30. The zero-order valence-corrected chi connectivity index (χ0v) is 15.6. The average molecular weight is 396 g/mol. The third kappa shape index (κ3) is 4.70. The number of aliphatic carboxylic acids is 1. The molecule has 0 unspecified atom stereocenters. The van der Waals surface area contributed by atoms with Gasteiger partial charge in [-0.3, -0.25) is 14.5 Å². The van der Waals surface area contributed by atoms with E-state index in [1.165, 1.54) is 9.80 Å². The maximum atomic E-state index is 13.1. The molecule has 2 aliphatic rings. The van der Waals surface area contributed by atoms with Crippen molar-refractivity contribution in [2.45, 2.75) is 25.4 Å². The van der Waals surface area contributed by atoms with Gasteiger partial charge in [-0.2, -0.15) is 0 Å². The molecular formula is C18H22ClN3O5. The standard InChI is InChI=1S/C18H22ClN3O5/c19-15-4-3-12(22-8-6-20-18(22)26)10-14(15)17(25)21(7-5-16(23)24)11-13-2-1-9-27-13/h3-4,10,13H,1-2,5-9,11H2,(H,20,26)(H,23,24)/t13-/m0/s1. The fourth-order valence-electron chi connectivity index (χ4n) is 3.27. The smallest absolute Gasteiger partial charge is 0.321 e. The lowest BCUT2D eigenvalue weighted by atomic mass is 10.1. The molecule has 2 N–H and O–H groups in total. The van der Waals surface area contributed by atoms with Crippen molar-refractivity contribution in [3.05, 3.63) is 28.8 Å². The number of ether oxygens (including phenoxy) is 1. The maximum absolute atomic E-state index is 13.1. The summed E-state index contributed by atoms with van der Waals surface area (Å²) in [7, 11) is 0. The van der Waals surface area contributed by atoms with Crippen LogP contribution < -0.4 is 10.2 Å². The third-order valence-electron chi connectivity index (χ3n) is 4.68. The molecule has 3 amide bonds. The molecule has 1 aromatic rings. The Kier molecular flexibility index (Phi) is 6.18. The van der Waals surface area contributed by atoms with Crippen LogP contribution in [0.2, 0.25) is 5.02 Å². The van der Waals surface area contributed by atoms with Crippen molar-refractivity contribution in [2.75, 3.05) is 37.7 Å². The Morgan fingerprint density at radius 2 is 2.22 bits per heavy atom. The number of carbonyl (C=O) groups excluding carboxylic acids is 2. The van der Waals surface area contributed by atoms with E-state index in [1.54, 1.807) is 18.2 Å². The van der Waals surface area contributed by atoms with Gasteiger partial charge in [-0.25, -0.2) is 4.79 Å². The highest BCUT2D eigenvalue weighted by molar-refractivity contribution is 6.34. The summed E-state index contributed by atoms with van der Waals surface area (Å²) in [5, 5.41) is 12.0. The molecule has 2 saturated heterocycles. The van der Waals surface area contributed by atoms with E-state index >= 15 is 0 Å². The van der Waals surface area contributed by atoms with Crippen molar-refractivity contribution in [1.82, 2.24) is 10.2 Å². The monoisotopic (exact) mass is 395 g/mol. The molecule has 146 valence electrons. The van der Waals surface area contributed by atoms with Gasteiger partial charge in [0.25, 0.3) is 5.91 Å². The van der Waals surface area contributed by atoms with Gasteiger partial charge in [0, 0.05) is 38.5 Å². The first-order valence-corrected chi connectivity index (χ1v) is 9.31. The third-order valence-corrected chi connectivity index (χ3v) is 5.01.